The molecule has 0 saturated carbocycles. The van der Waals surface area contributed by atoms with E-state index < -0.39 is 0 Å². The first kappa shape index (κ1) is 21.3. The molecule has 0 atom stereocenters. The van der Waals surface area contributed by atoms with E-state index in [4.69, 9.17) is 0 Å². The molecule has 2 fully saturated rings. The molecule has 3 rings (SSSR count). The number of nitrogens with zero attached hydrogens (tertiary/aromatic N) is 4. The Morgan fingerprint density at radius 3 is 1.52 bits per heavy atom. The SMILES string of the molecule is CN1CCN(CCCc2cccc(CCCN3CCN(C)CC3)c2Br)CC1. The van der Waals surface area contributed by atoms with Crippen molar-refractivity contribution in [2.24, 2.45) is 0 Å². The zero-order valence-corrected chi connectivity index (χ0v) is 18.9. The fourth-order valence-electron chi connectivity index (χ4n) is 4.15. The molecular weight excluding hydrogens is 400 g/mol. The van der Waals surface area contributed by atoms with Gasteiger partial charge in [-0.2, -0.15) is 0 Å². The molecule has 27 heavy (non-hydrogen) atoms. The van der Waals surface area contributed by atoms with Crippen molar-refractivity contribution in [3.63, 3.8) is 0 Å². The summed E-state index contributed by atoms with van der Waals surface area (Å²) in [4.78, 5) is 10.1. The summed E-state index contributed by atoms with van der Waals surface area (Å²) in [6, 6.07) is 6.86. The van der Waals surface area contributed by atoms with E-state index in [1.807, 2.05) is 0 Å². The van der Waals surface area contributed by atoms with Crippen LogP contribution in [0.2, 0.25) is 0 Å². The summed E-state index contributed by atoms with van der Waals surface area (Å²) in [5.74, 6) is 0. The minimum Gasteiger partial charge on any atom is -0.304 e. The molecule has 0 aliphatic carbocycles. The van der Waals surface area contributed by atoms with Crippen LogP contribution in [0.1, 0.15) is 24.0 Å². The smallest absolute Gasteiger partial charge is 0.0239 e. The number of aryl methyl sites for hydroxylation is 2. The zero-order chi connectivity index (χ0) is 19.1. The van der Waals surface area contributed by atoms with Gasteiger partial charge in [0.15, 0.2) is 0 Å². The van der Waals surface area contributed by atoms with E-state index in [0.717, 1.165) is 0 Å². The van der Waals surface area contributed by atoms with Gasteiger partial charge in [-0.05, 0) is 64.0 Å². The van der Waals surface area contributed by atoms with Gasteiger partial charge in [0.05, 0.1) is 0 Å². The highest BCUT2D eigenvalue weighted by atomic mass is 79.9. The van der Waals surface area contributed by atoms with Crippen molar-refractivity contribution in [2.45, 2.75) is 25.7 Å². The average molecular weight is 437 g/mol. The summed E-state index contributed by atoms with van der Waals surface area (Å²) in [7, 11) is 4.45. The quantitative estimate of drug-likeness (QED) is 0.620. The maximum Gasteiger partial charge on any atom is 0.0239 e. The van der Waals surface area contributed by atoms with Crippen molar-refractivity contribution in [2.75, 3.05) is 79.5 Å². The van der Waals surface area contributed by atoms with Gasteiger partial charge in [-0.1, -0.05) is 34.1 Å². The minimum atomic E-state index is 1.18. The minimum absolute atomic E-state index is 1.18. The number of likely N-dealkylation sites (N-methyl/N-ethyl adjacent to an activating group) is 2. The molecule has 2 heterocycles. The third kappa shape index (κ3) is 6.82. The van der Waals surface area contributed by atoms with Crippen molar-refractivity contribution >= 4 is 15.9 Å². The normalized spacial score (nSPS) is 21.0. The van der Waals surface area contributed by atoms with Crippen LogP contribution in [0.4, 0.5) is 0 Å². The van der Waals surface area contributed by atoms with Gasteiger partial charge < -0.3 is 19.6 Å². The lowest BCUT2D eigenvalue weighted by Crippen LogP contribution is -2.44. The molecule has 0 N–H and O–H groups in total. The van der Waals surface area contributed by atoms with Crippen LogP contribution in [0, 0.1) is 0 Å². The molecule has 4 nitrogen and oxygen atoms in total. The molecule has 2 aliphatic heterocycles. The first-order chi connectivity index (χ1) is 13.1. The Morgan fingerprint density at radius 2 is 1.11 bits per heavy atom. The van der Waals surface area contributed by atoms with Gasteiger partial charge in [0.2, 0.25) is 0 Å². The van der Waals surface area contributed by atoms with Crippen LogP contribution in [0.25, 0.3) is 0 Å². The highest BCUT2D eigenvalue weighted by Gasteiger charge is 2.15. The second kappa shape index (κ2) is 10.9. The Kier molecular flexibility index (Phi) is 8.59. The lowest BCUT2D eigenvalue weighted by molar-refractivity contribution is 0.153. The van der Waals surface area contributed by atoms with E-state index in [0.29, 0.717) is 0 Å². The maximum atomic E-state index is 3.91. The van der Waals surface area contributed by atoms with Crippen LogP contribution in [-0.4, -0.2) is 99.1 Å². The van der Waals surface area contributed by atoms with Gasteiger partial charge in [-0.25, -0.2) is 0 Å². The molecule has 1 aromatic carbocycles. The third-order valence-corrected chi connectivity index (χ3v) is 7.21. The maximum absolute atomic E-state index is 3.91. The first-order valence-electron chi connectivity index (χ1n) is 10.7. The highest BCUT2D eigenvalue weighted by Crippen LogP contribution is 2.24. The van der Waals surface area contributed by atoms with Crippen LogP contribution in [-0.2, 0) is 12.8 Å². The third-order valence-electron chi connectivity index (χ3n) is 6.19. The molecule has 0 unspecified atom stereocenters. The number of halogens is 1. The molecule has 5 heteroatoms. The van der Waals surface area contributed by atoms with E-state index in [2.05, 4.69) is 67.8 Å². The summed E-state index contributed by atoms with van der Waals surface area (Å²) >= 11 is 3.91. The Morgan fingerprint density at radius 1 is 0.704 bits per heavy atom. The summed E-state index contributed by atoms with van der Waals surface area (Å²) in [5, 5.41) is 0. The van der Waals surface area contributed by atoms with Crippen molar-refractivity contribution in [3.8, 4) is 0 Å². The average Bonchev–Trinajstić information content (AvgIpc) is 2.67. The first-order valence-corrected chi connectivity index (χ1v) is 11.5. The summed E-state index contributed by atoms with van der Waals surface area (Å²) in [6.07, 6.45) is 4.87. The van der Waals surface area contributed by atoms with Crippen molar-refractivity contribution in [1.29, 1.82) is 0 Å². The lowest BCUT2D eigenvalue weighted by atomic mass is 10.0. The molecular formula is C22H37BrN4. The standard InChI is InChI=1S/C22H37BrN4/c1-24-12-16-26(17-13-24)10-4-8-20-6-3-7-21(22(20)23)9-5-11-27-18-14-25(2)15-19-27/h3,6-7H,4-5,8-19H2,1-2H3. The van der Waals surface area contributed by atoms with Gasteiger partial charge >= 0.3 is 0 Å². The lowest BCUT2D eigenvalue weighted by Gasteiger charge is -2.32. The van der Waals surface area contributed by atoms with E-state index in [1.165, 1.54) is 107 Å². The van der Waals surface area contributed by atoms with Crippen LogP contribution >= 0.6 is 15.9 Å². The molecule has 0 radical (unpaired) electrons. The van der Waals surface area contributed by atoms with Gasteiger partial charge in [0, 0.05) is 56.8 Å². The number of hydrogen-bond donors (Lipinski definition) is 0. The predicted octanol–water partition coefficient (Wildman–Crippen LogP) is 2.81. The van der Waals surface area contributed by atoms with Gasteiger partial charge in [-0.3, -0.25) is 0 Å². The number of benzene rings is 1. The number of hydrogen-bond acceptors (Lipinski definition) is 4. The Bertz CT molecular complexity index is 517. The topological polar surface area (TPSA) is 13.0 Å². The summed E-state index contributed by atoms with van der Waals surface area (Å²) in [6.45, 7) is 12.2. The molecule has 0 bridgehead atoms. The molecule has 0 spiro atoms. The van der Waals surface area contributed by atoms with Crippen LogP contribution in [0.3, 0.4) is 0 Å². The van der Waals surface area contributed by atoms with Crippen molar-refractivity contribution < 1.29 is 0 Å². The van der Waals surface area contributed by atoms with Crippen molar-refractivity contribution in [3.05, 3.63) is 33.8 Å². The number of rotatable bonds is 8. The van der Waals surface area contributed by atoms with E-state index in [1.54, 1.807) is 0 Å². The second-order valence-electron chi connectivity index (χ2n) is 8.39. The van der Waals surface area contributed by atoms with E-state index in [9.17, 15) is 0 Å². The second-order valence-corrected chi connectivity index (χ2v) is 9.18. The van der Waals surface area contributed by atoms with E-state index >= 15 is 0 Å². The van der Waals surface area contributed by atoms with Gasteiger partial charge in [0.1, 0.15) is 0 Å². The monoisotopic (exact) mass is 436 g/mol. The summed E-state index contributed by atoms with van der Waals surface area (Å²) in [5.41, 5.74) is 2.97. The van der Waals surface area contributed by atoms with Gasteiger partial charge in [-0.15, -0.1) is 0 Å². The Hall–Kier alpha value is -0.460. The molecule has 2 saturated heterocycles. The summed E-state index contributed by atoms with van der Waals surface area (Å²) < 4.78 is 1.36. The Labute approximate surface area is 174 Å². The van der Waals surface area contributed by atoms with Crippen LogP contribution in [0.5, 0.6) is 0 Å². The fourth-order valence-corrected chi connectivity index (χ4v) is 4.81. The van der Waals surface area contributed by atoms with Crippen molar-refractivity contribution in [1.82, 2.24) is 19.6 Å². The molecule has 2 aliphatic rings. The molecule has 1 aromatic rings. The van der Waals surface area contributed by atoms with Crippen LogP contribution in [0.15, 0.2) is 22.7 Å². The molecule has 0 amide bonds. The van der Waals surface area contributed by atoms with E-state index in [-0.39, 0.29) is 0 Å². The molecule has 152 valence electrons. The van der Waals surface area contributed by atoms with Crippen LogP contribution < -0.4 is 0 Å². The van der Waals surface area contributed by atoms with Gasteiger partial charge in [0.25, 0.3) is 0 Å². The Balaban J connectivity index is 1.40. The predicted molar refractivity (Wildman–Crippen MR) is 119 cm³/mol. The number of piperazine rings is 2. The fraction of sp³-hybridized carbons (Fsp3) is 0.727. The molecule has 0 aromatic heterocycles. The zero-order valence-electron chi connectivity index (χ0n) is 17.3. The highest BCUT2D eigenvalue weighted by molar-refractivity contribution is 9.10. The largest absolute Gasteiger partial charge is 0.304 e.